The monoisotopic (exact) mass is 320 g/mol. The van der Waals surface area contributed by atoms with E-state index in [1.54, 1.807) is 0 Å². The fourth-order valence-electron chi connectivity index (χ4n) is 2.62. The lowest BCUT2D eigenvalue weighted by atomic mass is 9.71. The van der Waals surface area contributed by atoms with Gasteiger partial charge >= 0.3 is 5.97 Å². The van der Waals surface area contributed by atoms with E-state index in [-0.39, 0.29) is 6.54 Å². The molecule has 0 aliphatic heterocycles. The highest BCUT2D eigenvalue weighted by atomic mass is 32.2. The van der Waals surface area contributed by atoms with Gasteiger partial charge < -0.3 is 5.11 Å². The molecule has 7 heteroatoms. The number of aliphatic carboxylic acids is 1. The third-order valence-corrected chi connectivity index (χ3v) is 6.03. The lowest BCUT2D eigenvalue weighted by molar-refractivity contribution is -0.151. The summed E-state index contributed by atoms with van der Waals surface area (Å²) in [6.07, 6.45) is 4.44. The number of carbonyl (C=O) groups is 1. The van der Waals surface area contributed by atoms with E-state index in [9.17, 15) is 18.3 Å². The van der Waals surface area contributed by atoms with E-state index in [0.29, 0.717) is 25.3 Å². The van der Waals surface area contributed by atoms with Crippen molar-refractivity contribution in [3.63, 3.8) is 0 Å². The first kappa shape index (κ1) is 18.4. The van der Waals surface area contributed by atoms with Gasteiger partial charge in [-0.1, -0.05) is 20.3 Å². The number of carboxylic acid groups (broad SMARTS) is 1. The Balaban J connectivity index is 2.67. The van der Waals surface area contributed by atoms with Crippen LogP contribution in [0.15, 0.2) is 0 Å². The van der Waals surface area contributed by atoms with Crippen molar-refractivity contribution in [1.82, 2.24) is 9.03 Å². The van der Waals surface area contributed by atoms with Crippen LogP contribution in [0.25, 0.3) is 0 Å². The highest BCUT2D eigenvalue weighted by molar-refractivity contribution is 7.87. The molecule has 1 aliphatic carbocycles. The van der Waals surface area contributed by atoms with Crippen LogP contribution in [0.1, 0.15) is 52.4 Å². The van der Waals surface area contributed by atoms with Crippen LogP contribution in [-0.2, 0) is 15.0 Å². The Morgan fingerprint density at radius 2 is 1.95 bits per heavy atom. The molecule has 1 rings (SSSR count). The summed E-state index contributed by atoms with van der Waals surface area (Å²) >= 11 is 0. The summed E-state index contributed by atoms with van der Waals surface area (Å²) in [6.45, 7) is 4.53. The second kappa shape index (κ2) is 7.56. The third-order valence-electron chi connectivity index (χ3n) is 4.51. The molecule has 0 spiro atoms. The molecule has 124 valence electrons. The van der Waals surface area contributed by atoms with Crippen molar-refractivity contribution in [1.29, 1.82) is 0 Å². The van der Waals surface area contributed by atoms with Gasteiger partial charge in [-0.25, -0.2) is 4.72 Å². The molecule has 1 aliphatic rings. The minimum atomic E-state index is -3.60. The summed E-state index contributed by atoms with van der Waals surface area (Å²) in [5.74, 6) is -0.380. The Bertz CT molecular complexity index is 442. The number of carboxylic acids is 1. The van der Waals surface area contributed by atoms with Crippen LogP contribution in [0.3, 0.4) is 0 Å². The van der Waals surface area contributed by atoms with Gasteiger partial charge in [0, 0.05) is 20.1 Å². The molecule has 2 N–H and O–H groups in total. The number of hydrogen-bond donors (Lipinski definition) is 2. The summed E-state index contributed by atoms with van der Waals surface area (Å²) in [7, 11) is -2.07. The Hall–Kier alpha value is -0.660. The first-order valence-electron chi connectivity index (χ1n) is 7.68. The standard InChI is InChI=1S/C14H28N2O4S/c1-4-5-10-16(3)21(19,20)15-11-14(13(17)18)8-6-12(2)7-9-14/h12,15H,4-11H2,1-3H3,(H,17,18). The summed E-state index contributed by atoms with van der Waals surface area (Å²) < 4.78 is 28.0. The maximum absolute atomic E-state index is 12.1. The Kier molecular flexibility index (Phi) is 6.62. The molecular weight excluding hydrogens is 292 g/mol. The third kappa shape index (κ3) is 4.93. The van der Waals surface area contributed by atoms with Crippen LogP contribution in [-0.4, -0.2) is 43.9 Å². The van der Waals surface area contributed by atoms with E-state index in [1.165, 1.54) is 11.4 Å². The fraction of sp³-hybridized carbons (Fsp3) is 0.929. The first-order valence-corrected chi connectivity index (χ1v) is 9.12. The summed E-state index contributed by atoms with van der Waals surface area (Å²) in [4.78, 5) is 11.6. The molecular formula is C14H28N2O4S. The van der Waals surface area contributed by atoms with E-state index < -0.39 is 21.6 Å². The van der Waals surface area contributed by atoms with Crippen molar-refractivity contribution in [3.05, 3.63) is 0 Å². The Morgan fingerprint density at radius 1 is 1.38 bits per heavy atom. The zero-order valence-corrected chi connectivity index (χ0v) is 14.1. The normalized spacial score (nSPS) is 27.0. The first-order chi connectivity index (χ1) is 9.73. The number of nitrogens with one attached hydrogen (secondary N) is 1. The second-order valence-corrected chi connectivity index (χ2v) is 8.13. The van der Waals surface area contributed by atoms with Crippen molar-refractivity contribution < 1.29 is 18.3 Å². The Morgan fingerprint density at radius 3 is 2.43 bits per heavy atom. The predicted molar refractivity (Wildman–Crippen MR) is 82.2 cm³/mol. The van der Waals surface area contributed by atoms with E-state index >= 15 is 0 Å². The maximum atomic E-state index is 12.1. The molecule has 0 saturated heterocycles. The van der Waals surface area contributed by atoms with Crippen LogP contribution in [0, 0.1) is 11.3 Å². The smallest absolute Gasteiger partial charge is 0.310 e. The van der Waals surface area contributed by atoms with Gasteiger partial charge in [0.05, 0.1) is 5.41 Å². The lowest BCUT2D eigenvalue weighted by Gasteiger charge is -2.36. The highest BCUT2D eigenvalue weighted by Crippen LogP contribution is 2.38. The molecule has 0 aromatic rings. The van der Waals surface area contributed by atoms with Gasteiger partial charge in [0.15, 0.2) is 0 Å². The SMILES string of the molecule is CCCCN(C)S(=O)(=O)NCC1(C(=O)O)CCC(C)CC1. The molecule has 0 unspecified atom stereocenters. The molecule has 0 atom stereocenters. The van der Waals surface area contributed by atoms with E-state index in [4.69, 9.17) is 0 Å². The average molecular weight is 320 g/mol. The van der Waals surface area contributed by atoms with Crippen LogP contribution in [0.5, 0.6) is 0 Å². The molecule has 1 fully saturated rings. The molecule has 0 amide bonds. The molecule has 0 bridgehead atoms. The minimum Gasteiger partial charge on any atom is -0.481 e. The zero-order valence-electron chi connectivity index (χ0n) is 13.3. The van der Waals surface area contributed by atoms with Crippen molar-refractivity contribution in [2.45, 2.75) is 52.4 Å². The van der Waals surface area contributed by atoms with Gasteiger partial charge in [-0.3, -0.25) is 4.79 Å². The van der Waals surface area contributed by atoms with Crippen LogP contribution in [0.4, 0.5) is 0 Å². The van der Waals surface area contributed by atoms with Gasteiger partial charge in [-0.15, -0.1) is 0 Å². The summed E-state index contributed by atoms with van der Waals surface area (Å²) in [6, 6.07) is 0. The largest absolute Gasteiger partial charge is 0.481 e. The van der Waals surface area contributed by atoms with E-state index in [1.807, 2.05) is 6.92 Å². The number of nitrogens with zero attached hydrogens (tertiary/aromatic N) is 1. The van der Waals surface area contributed by atoms with E-state index in [0.717, 1.165) is 25.7 Å². The lowest BCUT2D eigenvalue weighted by Crippen LogP contribution is -2.48. The molecule has 21 heavy (non-hydrogen) atoms. The molecule has 6 nitrogen and oxygen atoms in total. The topological polar surface area (TPSA) is 86.7 Å². The van der Waals surface area contributed by atoms with Crippen LogP contribution in [0.2, 0.25) is 0 Å². The second-order valence-electron chi connectivity index (χ2n) is 6.27. The van der Waals surface area contributed by atoms with Gasteiger partial charge in [0.25, 0.3) is 10.2 Å². The van der Waals surface area contributed by atoms with Crippen molar-refractivity contribution in [2.75, 3.05) is 20.1 Å². The number of hydrogen-bond acceptors (Lipinski definition) is 3. The highest BCUT2D eigenvalue weighted by Gasteiger charge is 2.42. The zero-order chi connectivity index (χ0) is 16.1. The van der Waals surface area contributed by atoms with Crippen molar-refractivity contribution >= 4 is 16.2 Å². The number of unbranched alkanes of at least 4 members (excludes halogenated alkanes) is 1. The molecule has 0 radical (unpaired) electrons. The van der Waals surface area contributed by atoms with Crippen LogP contribution < -0.4 is 4.72 Å². The van der Waals surface area contributed by atoms with Crippen molar-refractivity contribution in [3.8, 4) is 0 Å². The van der Waals surface area contributed by atoms with Gasteiger partial charge in [0.2, 0.25) is 0 Å². The van der Waals surface area contributed by atoms with Gasteiger partial charge in [-0.2, -0.15) is 12.7 Å². The minimum absolute atomic E-state index is 0.0200. The van der Waals surface area contributed by atoms with E-state index in [2.05, 4.69) is 11.6 Å². The van der Waals surface area contributed by atoms with Crippen LogP contribution >= 0.6 is 0 Å². The predicted octanol–water partition coefficient (Wildman–Crippen LogP) is 1.83. The van der Waals surface area contributed by atoms with Gasteiger partial charge in [-0.05, 0) is 38.0 Å². The molecule has 1 saturated carbocycles. The van der Waals surface area contributed by atoms with Crippen molar-refractivity contribution in [2.24, 2.45) is 11.3 Å². The fourth-order valence-corrected chi connectivity index (χ4v) is 3.67. The molecule has 0 aromatic carbocycles. The molecule has 0 heterocycles. The quantitative estimate of drug-likeness (QED) is 0.714. The van der Waals surface area contributed by atoms with Gasteiger partial charge in [0.1, 0.15) is 0 Å². The summed E-state index contributed by atoms with van der Waals surface area (Å²) in [5, 5.41) is 9.50. The number of rotatable bonds is 8. The Labute approximate surface area is 128 Å². The average Bonchev–Trinajstić information content (AvgIpc) is 2.44. The maximum Gasteiger partial charge on any atom is 0.310 e. The molecule has 0 aromatic heterocycles. The summed E-state index contributed by atoms with van der Waals surface area (Å²) in [5.41, 5.74) is -0.953.